The number of H-pyrrole nitrogens is 1. The summed E-state index contributed by atoms with van der Waals surface area (Å²) >= 11 is 0. The van der Waals surface area contributed by atoms with Gasteiger partial charge in [0.2, 0.25) is 0 Å². The zero-order valence-electron chi connectivity index (χ0n) is 19.6. The number of aromatic nitrogens is 4. The minimum absolute atomic E-state index is 0.236. The van der Waals surface area contributed by atoms with Crippen LogP contribution in [0.3, 0.4) is 0 Å². The molecule has 0 radical (unpaired) electrons. The largest absolute Gasteiger partial charge is 0.493 e. The average molecular weight is 440 g/mol. The normalized spacial score (nSPS) is 11.8. The number of guanidine groups is 1. The third kappa shape index (κ3) is 4.76. The highest BCUT2D eigenvalue weighted by Crippen LogP contribution is 2.32. The first-order chi connectivity index (χ1) is 15.4. The summed E-state index contributed by atoms with van der Waals surface area (Å²) < 4.78 is 7.55. The zero-order valence-corrected chi connectivity index (χ0v) is 19.6. The van der Waals surface area contributed by atoms with Gasteiger partial charge in [0.05, 0.1) is 23.6 Å². The molecule has 1 aromatic carbocycles. The lowest BCUT2D eigenvalue weighted by atomic mass is 10.1. The molecule has 0 fully saturated rings. The van der Waals surface area contributed by atoms with E-state index in [0.29, 0.717) is 46.4 Å². The Balaban J connectivity index is 2.17. The average Bonchev–Trinajstić information content (AvgIpc) is 3.09. The van der Waals surface area contributed by atoms with Crippen molar-refractivity contribution in [1.82, 2.24) is 24.6 Å². The van der Waals surface area contributed by atoms with Crippen LogP contribution in [-0.2, 0) is 13.5 Å². The van der Waals surface area contributed by atoms with Crippen molar-refractivity contribution >= 4 is 22.7 Å². The van der Waals surface area contributed by atoms with Crippen LogP contribution >= 0.6 is 0 Å². The molecule has 0 atom stereocenters. The van der Waals surface area contributed by atoms with Crippen LogP contribution in [0.2, 0.25) is 0 Å². The number of rotatable bonds is 9. The van der Waals surface area contributed by atoms with Gasteiger partial charge in [0.25, 0.3) is 5.56 Å². The summed E-state index contributed by atoms with van der Waals surface area (Å²) in [6.07, 6.45) is 2.52. The number of fused-ring (bicyclic) bond motifs is 1. The van der Waals surface area contributed by atoms with Crippen LogP contribution in [0.4, 0.5) is 5.69 Å². The highest BCUT2D eigenvalue weighted by molar-refractivity contribution is 5.83. The van der Waals surface area contributed by atoms with Gasteiger partial charge in [-0.05, 0) is 44.9 Å². The SMILES string of the molecule is CCCOc1ccc(N=C(N)N(CC)CC)cc1-c1nc2c(CCC)nn(C)c2c(=O)[nH]1. The molecule has 9 heteroatoms. The minimum Gasteiger partial charge on any atom is -0.493 e. The third-order valence-electron chi connectivity index (χ3n) is 5.26. The van der Waals surface area contributed by atoms with Gasteiger partial charge in [0, 0.05) is 20.1 Å². The van der Waals surface area contributed by atoms with Crippen molar-refractivity contribution in [3.8, 4) is 17.1 Å². The quantitative estimate of drug-likeness (QED) is 0.390. The minimum atomic E-state index is -0.236. The molecule has 0 saturated carbocycles. The van der Waals surface area contributed by atoms with Gasteiger partial charge in [0.15, 0.2) is 11.5 Å². The Morgan fingerprint density at radius 1 is 1.22 bits per heavy atom. The van der Waals surface area contributed by atoms with Crippen molar-refractivity contribution in [1.29, 1.82) is 0 Å². The molecule has 0 bridgehead atoms. The van der Waals surface area contributed by atoms with E-state index in [1.54, 1.807) is 11.7 Å². The number of nitrogens with zero attached hydrogens (tertiary/aromatic N) is 5. The van der Waals surface area contributed by atoms with Crippen LogP contribution in [0.15, 0.2) is 28.0 Å². The van der Waals surface area contributed by atoms with Gasteiger partial charge >= 0.3 is 0 Å². The van der Waals surface area contributed by atoms with Gasteiger partial charge in [-0.3, -0.25) is 9.48 Å². The second-order valence-electron chi connectivity index (χ2n) is 7.60. The van der Waals surface area contributed by atoms with E-state index in [4.69, 9.17) is 15.5 Å². The first kappa shape index (κ1) is 23.3. The van der Waals surface area contributed by atoms with Crippen molar-refractivity contribution in [3.05, 3.63) is 34.2 Å². The smallest absolute Gasteiger partial charge is 0.277 e. The molecule has 172 valence electrons. The Morgan fingerprint density at radius 2 is 1.97 bits per heavy atom. The number of benzene rings is 1. The van der Waals surface area contributed by atoms with E-state index in [2.05, 4.69) is 22.0 Å². The van der Waals surface area contributed by atoms with Gasteiger partial charge in [-0.2, -0.15) is 5.10 Å². The predicted molar refractivity (Wildman–Crippen MR) is 129 cm³/mol. The maximum absolute atomic E-state index is 12.9. The number of nitrogens with one attached hydrogen (secondary N) is 1. The van der Waals surface area contributed by atoms with E-state index in [1.165, 1.54) is 0 Å². The molecular formula is C23H33N7O2. The Kier molecular flexibility index (Phi) is 7.50. The maximum atomic E-state index is 12.9. The summed E-state index contributed by atoms with van der Waals surface area (Å²) in [5.41, 5.74) is 9.18. The summed E-state index contributed by atoms with van der Waals surface area (Å²) in [5.74, 6) is 1.51. The fourth-order valence-corrected chi connectivity index (χ4v) is 3.64. The highest BCUT2D eigenvalue weighted by atomic mass is 16.5. The topological polar surface area (TPSA) is 114 Å². The van der Waals surface area contributed by atoms with E-state index in [0.717, 1.165) is 38.0 Å². The highest BCUT2D eigenvalue weighted by Gasteiger charge is 2.18. The molecule has 3 N–H and O–H groups in total. The Labute approximate surface area is 188 Å². The van der Waals surface area contributed by atoms with Crippen molar-refractivity contribution in [3.63, 3.8) is 0 Å². The van der Waals surface area contributed by atoms with Crippen LogP contribution in [0.1, 0.15) is 46.2 Å². The molecule has 3 aromatic rings. The van der Waals surface area contributed by atoms with Crippen molar-refractivity contribution < 1.29 is 4.74 Å². The van der Waals surface area contributed by atoms with Crippen LogP contribution < -0.4 is 16.0 Å². The van der Waals surface area contributed by atoms with Gasteiger partial charge in [-0.25, -0.2) is 9.98 Å². The number of ether oxygens (including phenoxy) is 1. The lowest BCUT2D eigenvalue weighted by Gasteiger charge is -2.19. The summed E-state index contributed by atoms with van der Waals surface area (Å²) in [6.45, 7) is 10.3. The Bertz CT molecular complexity index is 1160. The molecule has 0 aliphatic carbocycles. The van der Waals surface area contributed by atoms with Crippen LogP contribution in [0, 0.1) is 0 Å². The van der Waals surface area contributed by atoms with Gasteiger partial charge < -0.3 is 20.4 Å². The first-order valence-corrected chi connectivity index (χ1v) is 11.3. The fraction of sp³-hybridized carbons (Fsp3) is 0.478. The fourth-order valence-electron chi connectivity index (χ4n) is 3.64. The first-order valence-electron chi connectivity index (χ1n) is 11.3. The summed E-state index contributed by atoms with van der Waals surface area (Å²) in [6, 6.07) is 5.55. The van der Waals surface area contributed by atoms with Gasteiger partial charge in [-0.1, -0.05) is 20.3 Å². The van der Waals surface area contributed by atoms with E-state index in [-0.39, 0.29) is 5.56 Å². The molecule has 0 unspecified atom stereocenters. The number of hydrogen-bond acceptors (Lipinski definition) is 5. The van der Waals surface area contributed by atoms with Gasteiger partial charge in [-0.15, -0.1) is 0 Å². The number of aryl methyl sites for hydroxylation is 2. The van der Waals surface area contributed by atoms with Crippen LogP contribution in [0.5, 0.6) is 5.75 Å². The van der Waals surface area contributed by atoms with E-state index < -0.39 is 0 Å². The molecule has 0 aliphatic rings. The second-order valence-corrected chi connectivity index (χ2v) is 7.60. The summed E-state index contributed by atoms with van der Waals surface area (Å²) in [7, 11) is 1.76. The molecular weight excluding hydrogens is 406 g/mol. The molecule has 2 aromatic heterocycles. The lowest BCUT2D eigenvalue weighted by Crippen LogP contribution is -2.36. The molecule has 0 saturated heterocycles. The predicted octanol–water partition coefficient (Wildman–Crippen LogP) is 3.35. The lowest BCUT2D eigenvalue weighted by molar-refractivity contribution is 0.318. The van der Waals surface area contributed by atoms with Crippen LogP contribution in [-0.4, -0.2) is 50.3 Å². The van der Waals surface area contributed by atoms with E-state index >= 15 is 0 Å². The second kappa shape index (κ2) is 10.3. The molecule has 9 nitrogen and oxygen atoms in total. The number of aromatic amines is 1. The molecule has 0 spiro atoms. The van der Waals surface area contributed by atoms with E-state index in [1.807, 2.05) is 43.9 Å². The third-order valence-corrected chi connectivity index (χ3v) is 5.26. The number of hydrogen-bond donors (Lipinski definition) is 2. The molecule has 2 heterocycles. The Hall–Kier alpha value is -3.36. The standard InChI is InChI=1S/C23H33N7O2/c1-6-10-17-19-20(29(5)28-17)22(31)27-21(26-19)16-14-15(11-12-18(16)32-13-7-2)25-23(24)30(8-3)9-4/h11-12,14H,6-10,13H2,1-5H3,(H2,24,25)(H,26,27,31). The van der Waals surface area contributed by atoms with Crippen molar-refractivity contribution in [2.75, 3.05) is 19.7 Å². The molecule has 0 amide bonds. The molecule has 32 heavy (non-hydrogen) atoms. The molecule has 3 rings (SSSR count). The maximum Gasteiger partial charge on any atom is 0.277 e. The number of aliphatic imine (C=N–C) groups is 1. The monoisotopic (exact) mass is 439 g/mol. The van der Waals surface area contributed by atoms with E-state index in [9.17, 15) is 4.79 Å². The molecule has 0 aliphatic heterocycles. The zero-order chi connectivity index (χ0) is 23.3. The Morgan fingerprint density at radius 3 is 2.62 bits per heavy atom. The van der Waals surface area contributed by atoms with Gasteiger partial charge in [0.1, 0.15) is 17.1 Å². The van der Waals surface area contributed by atoms with Crippen LogP contribution in [0.25, 0.3) is 22.4 Å². The van der Waals surface area contributed by atoms with Crippen molar-refractivity contribution in [2.45, 2.75) is 47.0 Å². The van der Waals surface area contributed by atoms with Crippen molar-refractivity contribution in [2.24, 2.45) is 17.8 Å². The summed E-state index contributed by atoms with van der Waals surface area (Å²) in [5, 5.41) is 4.50. The number of nitrogens with two attached hydrogens (primary N) is 1. The summed E-state index contributed by atoms with van der Waals surface area (Å²) in [4.78, 5) is 27.2.